The molecule has 0 radical (unpaired) electrons. The van der Waals surface area contributed by atoms with E-state index in [4.69, 9.17) is 32.9 Å². The maximum Gasteiger partial charge on any atom is 0.330 e. The van der Waals surface area contributed by atoms with Gasteiger partial charge < -0.3 is 32.9 Å². The third-order valence-electron chi connectivity index (χ3n) is 13.6. The van der Waals surface area contributed by atoms with E-state index in [0.29, 0.717) is 28.2 Å². The highest BCUT2D eigenvalue weighted by Gasteiger charge is 2.52. The van der Waals surface area contributed by atoms with Crippen molar-refractivity contribution in [1.82, 2.24) is 23.8 Å². The van der Waals surface area contributed by atoms with Gasteiger partial charge in [0.25, 0.3) is 18.6 Å². The van der Waals surface area contributed by atoms with Crippen molar-refractivity contribution in [3.8, 4) is 17.6 Å². The summed E-state index contributed by atoms with van der Waals surface area (Å²) in [4.78, 5) is 68.9. The summed E-state index contributed by atoms with van der Waals surface area (Å²) in [6, 6.07) is 26.3. The molecule has 21 nitrogen and oxygen atoms in total. The minimum atomic E-state index is -4.30. The number of hydrogen-bond donors (Lipinski definition) is 2. The Morgan fingerprint density at radius 3 is 2.00 bits per heavy atom. The number of esters is 1. The van der Waals surface area contributed by atoms with Gasteiger partial charge in [-0.3, -0.25) is 38.1 Å². The van der Waals surface area contributed by atoms with E-state index in [1.165, 1.54) is 17.7 Å². The molecule has 1 unspecified atom stereocenters. The summed E-state index contributed by atoms with van der Waals surface area (Å²) in [6.07, 6.45) is -5.52. The van der Waals surface area contributed by atoms with Gasteiger partial charge in [0.15, 0.2) is 22.2 Å². The molecular weight excluding hydrogens is 1020 g/mol. The summed E-state index contributed by atoms with van der Waals surface area (Å²) in [5.74, 6) is -2.20. The first-order chi connectivity index (χ1) is 36.1. The number of H-pyrrole nitrogens is 2. The summed E-state index contributed by atoms with van der Waals surface area (Å²) in [7, 11) is -5.07. The van der Waals surface area contributed by atoms with E-state index in [0.717, 1.165) is 23.8 Å². The van der Waals surface area contributed by atoms with Gasteiger partial charge in [0.1, 0.15) is 23.3 Å². The van der Waals surface area contributed by atoms with Gasteiger partial charge in [-0.2, -0.15) is 5.26 Å². The fourth-order valence-corrected chi connectivity index (χ4v) is 14.9. The number of sulfone groups is 1. The van der Waals surface area contributed by atoms with Crippen LogP contribution in [0.15, 0.2) is 117 Å². The van der Waals surface area contributed by atoms with E-state index in [-0.39, 0.29) is 49.7 Å². The summed E-state index contributed by atoms with van der Waals surface area (Å²) in [5, 5.41) is 9.63. The molecule has 2 aliphatic heterocycles. The van der Waals surface area contributed by atoms with Crippen LogP contribution in [0.25, 0.3) is 0 Å². The average molecular weight is 1090 g/mol. The zero-order valence-electron chi connectivity index (χ0n) is 43.7. The van der Waals surface area contributed by atoms with Gasteiger partial charge in [0, 0.05) is 61.8 Å². The van der Waals surface area contributed by atoms with Crippen LogP contribution in [0.5, 0.6) is 11.5 Å². The lowest BCUT2D eigenvalue weighted by Gasteiger charge is -2.38. The van der Waals surface area contributed by atoms with Crippen LogP contribution >= 0.6 is 7.52 Å². The number of aromatic amines is 2. The summed E-state index contributed by atoms with van der Waals surface area (Å²) in [6.45, 7) is 9.64. The van der Waals surface area contributed by atoms with Crippen LogP contribution in [0.4, 0.5) is 0 Å². The lowest BCUT2D eigenvalue weighted by atomic mass is 9.80. The Kier molecular flexibility index (Phi) is 18.3. The van der Waals surface area contributed by atoms with Gasteiger partial charge in [-0.1, -0.05) is 54.6 Å². The van der Waals surface area contributed by atoms with Crippen molar-refractivity contribution < 1.29 is 50.7 Å². The molecule has 0 saturated carbocycles. The molecule has 2 saturated heterocycles. The number of methoxy groups -OCH3 is 2. The fourth-order valence-electron chi connectivity index (χ4n) is 10.3. The standard InChI is InChI=1S/C53H65N6O15PS/c1-33(2)59(34(3)4)75(65,27-12-25-54)74-44-29-47(58-30-35(5)49(62)56-52(58)64)72-43(44)24-28-76(66,67)32-42-45(73-50(48(42)71-36(6)60)57-26-23-46(61)55-51(57)63)31-70-53(37-13-10-9-11-14-37,38-15-19-40(68-7)20-16-38)39-17-21-41(69-8)22-18-39/h9-11,13-23,26,30,33-34,42-45,47-48,50H,12,24,27-29,31-32H2,1-8H3,(H,55,61,63)(H,56,62,64)/t42-,43-,44+,45-,47-,48-,50-,75?/m1/s1. The molecule has 2 fully saturated rings. The molecule has 0 bridgehead atoms. The van der Waals surface area contributed by atoms with Crippen LogP contribution in [-0.2, 0) is 48.3 Å². The Bertz CT molecular complexity index is 3210. The predicted octanol–water partition coefficient (Wildman–Crippen LogP) is 5.57. The normalized spacial score (nSPS) is 21.6. The Labute approximate surface area is 440 Å². The fraction of sp³-hybridized carbons (Fsp3) is 0.472. The Morgan fingerprint density at radius 2 is 1.45 bits per heavy atom. The van der Waals surface area contributed by atoms with Crippen LogP contribution in [0.2, 0.25) is 0 Å². The lowest BCUT2D eigenvalue weighted by Crippen LogP contribution is -2.42. The third kappa shape index (κ3) is 12.7. The smallest absolute Gasteiger partial charge is 0.330 e. The number of nitriles is 1. The van der Waals surface area contributed by atoms with Crippen LogP contribution in [0.3, 0.4) is 0 Å². The number of rotatable bonds is 23. The molecule has 0 spiro atoms. The Morgan fingerprint density at radius 1 is 0.855 bits per heavy atom. The van der Waals surface area contributed by atoms with Gasteiger partial charge in [-0.15, -0.1) is 0 Å². The second-order valence-corrected chi connectivity index (χ2v) is 24.0. The van der Waals surface area contributed by atoms with Crippen LogP contribution in [0, 0.1) is 24.2 Å². The van der Waals surface area contributed by atoms with E-state index >= 15 is 4.57 Å². The molecule has 23 heteroatoms. The number of ether oxygens (including phenoxy) is 6. The Hall–Kier alpha value is -6.44. The molecule has 76 heavy (non-hydrogen) atoms. The summed E-state index contributed by atoms with van der Waals surface area (Å²) < 4.78 is 92.4. The van der Waals surface area contributed by atoms with Crippen LogP contribution in [-0.4, -0.2) is 113 Å². The second kappa shape index (κ2) is 24.3. The SMILES string of the molecule is COc1ccc(C(OC[C@H]2O[C@@H](n3ccc(=O)[nH]c3=O)[C@H](OC(C)=O)[C@@H]2CS(=O)(=O)CC[C@H]2O[C@@H](n3cc(C)c(=O)[nH]c3=O)C[C@@H]2OP(=O)(CCC#N)N(C(C)C)C(C)C)(c2ccccc2)c2ccc(OC)cc2)cc1. The van der Waals surface area contributed by atoms with Gasteiger partial charge >= 0.3 is 17.3 Å². The molecule has 4 heterocycles. The number of carbonyl (C=O) groups is 1. The van der Waals surface area contributed by atoms with Crippen molar-refractivity contribution in [1.29, 1.82) is 5.26 Å². The van der Waals surface area contributed by atoms with E-state index < -0.39 is 106 Å². The van der Waals surface area contributed by atoms with Gasteiger partial charge in [-0.25, -0.2) is 22.7 Å². The van der Waals surface area contributed by atoms with E-state index in [2.05, 4.69) is 16.0 Å². The number of aromatic nitrogens is 4. The van der Waals surface area contributed by atoms with Crippen molar-refractivity contribution in [2.24, 2.45) is 5.92 Å². The first kappa shape index (κ1) is 57.3. The highest BCUT2D eigenvalue weighted by molar-refractivity contribution is 7.91. The summed E-state index contributed by atoms with van der Waals surface area (Å²) in [5.41, 5.74) is -2.29. The molecule has 7 rings (SSSR count). The number of hydrogen-bond acceptors (Lipinski definition) is 16. The van der Waals surface area contributed by atoms with Crippen molar-refractivity contribution in [3.63, 3.8) is 0 Å². The van der Waals surface area contributed by atoms with Crippen molar-refractivity contribution in [2.75, 3.05) is 38.5 Å². The molecule has 0 aliphatic carbocycles. The molecular formula is C53H65N6O15PS. The van der Waals surface area contributed by atoms with Gasteiger partial charge in [0.2, 0.25) is 0 Å². The molecule has 8 atom stereocenters. The van der Waals surface area contributed by atoms with Crippen LogP contribution in [0.1, 0.15) is 88.6 Å². The number of nitrogens with zero attached hydrogens (tertiary/aromatic N) is 4. The molecule has 0 amide bonds. The van der Waals surface area contributed by atoms with Gasteiger partial charge in [0.05, 0.1) is 62.9 Å². The molecule has 3 aromatic carbocycles. The first-order valence-corrected chi connectivity index (χ1v) is 28.5. The lowest BCUT2D eigenvalue weighted by molar-refractivity contribution is -0.154. The minimum Gasteiger partial charge on any atom is -0.497 e. The maximum absolute atomic E-state index is 15.0. The number of nitrogens with one attached hydrogen (secondary N) is 2. The molecule has 2 aromatic heterocycles. The maximum atomic E-state index is 15.0. The topological polar surface area (TPSA) is 270 Å². The monoisotopic (exact) mass is 1090 g/mol. The van der Waals surface area contributed by atoms with E-state index in [1.54, 1.807) is 43.2 Å². The third-order valence-corrected chi connectivity index (χ3v) is 18.3. The van der Waals surface area contributed by atoms with Crippen molar-refractivity contribution in [2.45, 2.75) is 115 Å². The zero-order valence-corrected chi connectivity index (χ0v) is 45.4. The number of benzene rings is 3. The predicted molar refractivity (Wildman–Crippen MR) is 280 cm³/mol. The Balaban J connectivity index is 1.28. The molecule has 408 valence electrons. The van der Waals surface area contributed by atoms with E-state index in [1.807, 2.05) is 82.3 Å². The minimum absolute atomic E-state index is 0.0811. The molecule has 2 N–H and O–H groups in total. The number of aryl methyl sites for hydroxylation is 1. The van der Waals surface area contributed by atoms with Crippen LogP contribution < -0.4 is 32.0 Å². The highest BCUT2D eigenvalue weighted by Crippen LogP contribution is 2.57. The van der Waals surface area contributed by atoms with Crippen molar-refractivity contribution >= 4 is 23.3 Å². The largest absolute Gasteiger partial charge is 0.497 e. The molecule has 5 aromatic rings. The highest BCUT2D eigenvalue weighted by atomic mass is 32.2. The van der Waals surface area contributed by atoms with E-state index in [9.17, 15) is 37.7 Å². The molecule has 2 aliphatic rings. The first-order valence-electron chi connectivity index (χ1n) is 24.9. The second-order valence-electron chi connectivity index (χ2n) is 19.4. The average Bonchev–Trinajstić information content (AvgIpc) is 3.96. The van der Waals surface area contributed by atoms with Gasteiger partial charge in [-0.05, 0) is 82.0 Å². The number of carbonyl (C=O) groups excluding carboxylic acids is 1. The summed E-state index contributed by atoms with van der Waals surface area (Å²) >= 11 is 0. The van der Waals surface area contributed by atoms with Crippen molar-refractivity contribution in [3.05, 3.63) is 161 Å². The zero-order chi connectivity index (χ0) is 55.1. The quantitative estimate of drug-likeness (QED) is 0.0460.